The van der Waals surface area contributed by atoms with Crippen molar-refractivity contribution >= 4 is 6.21 Å². The third-order valence-corrected chi connectivity index (χ3v) is 1.99. The molecule has 0 fully saturated rings. The number of nitrogens with zero attached hydrogens (tertiary/aromatic N) is 4. The van der Waals surface area contributed by atoms with Gasteiger partial charge in [0.2, 0.25) is 0 Å². The highest BCUT2D eigenvalue weighted by molar-refractivity contribution is 5.84. The average Bonchev–Trinajstić information content (AvgIpc) is 2.81. The number of methoxy groups -OCH3 is 1. The number of benzene rings is 1. The lowest BCUT2D eigenvalue weighted by molar-refractivity contribution is 0.373. The molecular weight excluding hydrogens is 208 g/mol. The average molecular weight is 218 g/mol. The lowest BCUT2D eigenvalue weighted by Gasteiger charge is -2.04. The number of rotatable bonds is 3. The molecule has 6 heteroatoms. The van der Waals surface area contributed by atoms with E-state index in [1.165, 1.54) is 30.7 Å². The summed E-state index contributed by atoms with van der Waals surface area (Å²) in [6, 6.07) is 5.17. The van der Waals surface area contributed by atoms with Gasteiger partial charge in [0, 0.05) is 5.56 Å². The van der Waals surface area contributed by atoms with Crippen molar-refractivity contribution in [3.8, 4) is 11.5 Å². The number of hydrogen-bond donors (Lipinski definition) is 1. The fourth-order valence-electron chi connectivity index (χ4n) is 1.19. The maximum atomic E-state index is 9.76. The molecule has 6 nitrogen and oxygen atoms in total. The first kappa shape index (κ1) is 10.2. The molecule has 0 saturated carbocycles. The van der Waals surface area contributed by atoms with Crippen LogP contribution in [0.1, 0.15) is 5.56 Å². The zero-order valence-electron chi connectivity index (χ0n) is 8.61. The minimum Gasteiger partial charge on any atom is -0.504 e. The molecular formula is C10H10N4O2. The molecule has 0 aliphatic heterocycles. The van der Waals surface area contributed by atoms with Gasteiger partial charge in [-0.1, -0.05) is 6.07 Å². The van der Waals surface area contributed by atoms with Gasteiger partial charge >= 0.3 is 0 Å². The van der Waals surface area contributed by atoms with Crippen molar-refractivity contribution in [3.05, 3.63) is 36.4 Å². The second-order valence-corrected chi connectivity index (χ2v) is 2.98. The van der Waals surface area contributed by atoms with Crippen LogP contribution in [0.5, 0.6) is 11.5 Å². The number of hydrogen-bond acceptors (Lipinski definition) is 5. The zero-order chi connectivity index (χ0) is 11.4. The molecule has 0 unspecified atom stereocenters. The fraction of sp³-hybridized carbons (Fsp3) is 0.100. The predicted molar refractivity (Wildman–Crippen MR) is 57.7 cm³/mol. The zero-order valence-corrected chi connectivity index (χ0v) is 8.61. The van der Waals surface area contributed by atoms with Crippen LogP contribution in [0.25, 0.3) is 0 Å². The van der Waals surface area contributed by atoms with Gasteiger partial charge in [-0.3, -0.25) is 0 Å². The van der Waals surface area contributed by atoms with Crippen LogP contribution in [-0.2, 0) is 0 Å². The van der Waals surface area contributed by atoms with Gasteiger partial charge in [0.05, 0.1) is 13.3 Å². The Balaban J connectivity index is 2.28. The van der Waals surface area contributed by atoms with E-state index in [0.717, 1.165) is 0 Å². The van der Waals surface area contributed by atoms with Gasteiger partial charge in [0.25, 0.3) is 0 Å². The van der Waals surface area contributed by atoms with Crippen LogP contribution in [0.2, 0.25) is 0 Å². The number of phenolic OH excluding ortho intramolecular Hbond substituents is 1. The Morgan fingerprint density at radius 3 is 2.81 bits per heavy atom. The Labute approximate surface area is 91.8 Å². The van der Waals surface area contributed by atoms with E-state index < -0.39 is 0 Å². The second-order valence-electron chi connectivity index (χ2n) is 2.98. The molecule has 0 bridgehead atoms. The maximum Gasteiger partial charge on any atom is 0.166 e. The molecule has 1 heterocycles. The Kier molecular flexibility index (Phi) is 2.81. The maximum absolute atomic E-state index is 9.76. The highest BCUT2D eigenvalue weighted by atomic mass is 16.5. The van der Waals surface area contributed by atoms with Crippen LogP contribution >= 0.6 is 0 Å². The summed E-state index contributed by atoms with van der Waals surface area (Å²) < 4.78 is 6.41. The molecule has 1 aromatic carbocycles. The van der Waals surface area contributed by atoms with Gasteiger partial charge in [-0.25, -0.2) is 4.68 Å². The van der Waals surface area contributed by atoms with Crippen molar-refractivity contribution in [2.75, 3.05) is 7.11 Å². The highest BCUT2D eigenvalue weighted by Gasteiger charge is 2.04. The lowest BCUT2D eigenvalue weighted by Crippen LogP contribution is -1.90. The summed E-state index contributed by atoms with van der Waals surface area (Å²) in [4.78, 5) is 0. The summed E-state index contributed by atoms with van der Waals surface area (Å²) in [5.74, 6) is 0.467. The Morgan fingerprint density at radius 1 is 1.38 bits per heavy atom. The van der Waals surface area contributed by atoms with Crippen LogP contribution in [0, 0.1) is 0 Å². The lowest BCUT2D eigenvalue weighted by atomic mass is 10.2. The van der Waals surface area contributed by atoms with Crippen molar-refractivity contribution < 1.29 is 9.84 Å². The quantitative estimate of drug-likeness (QED) is 0.776. The molecule has 82 valence electrons. The Morgan fingerprint density at radius 2 is 2.12 bits per heavy atom. The molecule has 0 spiro atoms. The van der Waals surface area contributed by atoms with Crippen molar-refractivity contribution in [3.63, 3.8) is 0 Å². The molecule has 16 heavy (non-hydrogen) atoms. The van der Waals surface area contributed by atoms with E-state index in [-0.39, 0.29) is 5.75 Å². The van der Waals surface area contributed by atoms with E-state index >= 15 is 0 Å². The topological polar surface area (TPSA) is 72.5 Å². The smallest absolute Gasteiger partial charge is 0.166 e. The van der Waals surface area contributed by atoms with Crippen molar-refractivity contribution in [2.45, 2.75) is 0 Å². The molecule has 1 N–H and O–H groups in total. The fourth-order valence-corrected chi connectivity index (χ4v) is 1.19. The van der Waals surface area contributed by atoms with Crippen molar-refractivity contribution in [1.29, 1.82) is 0 Å². The number of aromatic nitrogens is 3. The first-order valence-corrected chi connectivity index (χ1v) is 4.56. The van der Waals surface area contributed by atoms with Crippen molar-refractivity contribution in [2.24, 2.45) is 5.10 Å². The molecule has 0 aliphatic carbocycles. The summed E-state index contributed by atoms with van der Waals surface area (Å²) in [5.41, 5.74) is 0.563. The van der Waals surface area contributed by atoms with Gasteiger partial charge < -0.3 is 9.84 Å². The van der Waals surface area contributed by atoms with Gasteiger partial charge in [0.15, 0.2) is 11.5 Å². The first-order chi connectivity index (χ1) is 7.81. The van der Waals surface area contributed by atoms with Crippen LogP contribution in [0.15, 0.2) is 36.0 Å². The highest BCUT2D eigenvalue weighted by Crippen LogP contribution is 2.27. The summed E-state index contributed by atoms with van der Waals surface area (Å²) >= 11 is 0. The van der Waals surface area contributed by atoms with Crippen LogP contribution in [-0.4, -0.2) is 33.3 Å². The SMILES string of the molecule is COc1cccc(/C=N/n2cnnc2)c1O. The summed E-state index contributed by atoms with van der Waals surface area (Å²) in [6.45, 7) is 0. The third-order valence-electron chi connectivity index (χ3n) is 1.99. The van der Waals surface area contributed by atoms with Crippen LogP contribution < -0.4 is 4.74 Å². The number of aromatic hydroxyl groups is 1. The first-order valence-electron chi connectivity index (χ1n) is 4.56. The van der Waals surface area contributed by atoms with Gasteiger partial charge in [-0.15, -0.1) is 10.2 Å². The molecule has 0 atom stereocenters. The van der Waals surface area contributed by atoms with Gasteiger partial charge in [-0.2, -0.15) is 5.10 Å². The van der Waals surface area contributed by atoms with Crippen molar-refractivity contribution in [1.82, 2.24) is 14.9 Å². The van der Waals surface area contributed by atoms with E-state index in [2.05, 4.69) is 15.3 Å². The predicted octanol–water partition coefficient (Wildman–Crippen LogP) is 0.874. The van der Waals surface area contributed by atoms with Crippen LogP contribution in [0.3, 0.4) is 0 Å². The molecule has 2 aromatic rings. The standard InChI is InChI=1S/C10H10N4O2/c1-16-9-4-2-3-8(10(9)15)5-13-14-6-11-12-7-14/h2-7,15H,1H3/b13-5+. The molecule has 2 rings (SSSR count). The van der Waals surface area contributed by atoms with E-state index in [1.807, 2.05) is 0 Å². The minimum atomic E-state index is 0.0572. The van der Waals surface area contributed by atoms with E-state index in [9.17, 15) is 5.11 Å². The molecule has 0 radical (unpaired) electrons. The molecule has 1 aromatic heterocycles. The number of phenols is 1. The second kappa shape index (κ2) is 4.43. The summed E-state index contributed by atoms with van der Waals surface area (Å²) in [6.07, 6.45) is 4.41. The summed E-state index contributed by atoms with van der Waals surface area (Å²) in [7, 11) is 1.50. The largest absolute Gasteiger partial charge is 0.504 e. The summed E-state index contributed by atoms with van der Waals surface area (Å²) in [5, 5.41) is 21.0. The van der Waals surface area contributed by atoms with Gasteiger partial charge in [-0.05, 0) is 12.1 Å². The van der Waals surface area contributed by atoms with E-state index in [4.69, 9.17) is 4.74 Å². The van der Waals surface area contributed by atoms with Crippen LogP contribution in [0.4, 0.5) is 0 Å². The molecule has 0 amide bonds. The van der Waals surface area contributed by atoms with E-state index in [0.29, 0.717) is 11.3 Å². The van der Waals surface area contributed by atoms with Gasteiger partial charge in [0.1, 0.15) is 12.7 Å². The Bertz CT molecular complexity index is 494. The minimum absolute atomic E-state index is 0.0572. The number of ether oxygens (including phenoxy) is 1. The van der Waals surface area contributed by atoms with E-state index in [1.54, 1.807) is 18.2 Å². The molecule has 0 saturated heterocycles. The normalized spacial score (nSPS) is 10.8. The third kappa shape index (κ3) is 2.00. The monoisotopic (exact) mass is 218 g/mol. The molecule has 0 aliphatic rings. The Hall–Kier alpha value is -2.37. The number of para-hydroxylation sites is 1.